The summed E-state index contributed by atoms with van der Waals surface area (Å²) < 4.78 is 13.7. The monoisotopic (exact) mass is 307 g/mol. The molecule has 2 rings (SSSR count). The van der Waals surface area contributed by atoms with Gasteiger partial charge in [0.05, 0.1) is 22.2 Å². The molecule has 0 fully saturated rings. The minimum Gasteiger partial charge on any atom is -0.478 e. The molecule has 2 aromatic rings. The van der Waals surface area contributed by atoms with Crippen molar-refractivity contribution in [2.24, 2.45) is 0 Å². The third kappa shape index (κ3) is 3.10. The van der Waals surface area contributed by atoms with Crippen LogP contribution in [0.2, 0.25) is 5.02 Å². The maximum atomic E-state index is 13.7. The van der Waals surface area contributed by atoms with E-state index in [0.717, 1.165) is 17.8 Å². The predicted octanol–water partition coefficient (Wildman–Crippen LogP) is 4.20. The van der Waals surface area contributed by atoms with Crippen LogP contribution >= 0.6 is 23.4 Å². The molecule has 0 heterocycles. The number of rotatable bonds is 3. The van der Waals surface area contributed by atoms with Gasteiger partial charge in [-0.15, -0.1) is 0 Å². The van der Waals surface area contributed by atoms with Gasteiger partial charge in [0.1, 0.15) is 5.82 Å². The Morgan fingerprint density at radius 3 is 2.60 bits per heavy atom. The number of hydrogen-bond donors (Lipinski definition) is 1. The van der Waals surface area contributed by atoms with Crippen molar-refractivity contribution in [3.63, 3.8) is 0 Å². The van der Waals surface area contributed by atoms with Crippen LogP contribution in [0.25, 0.3) is 0 Å². The Bertz CT molecular complexity index is 728. The van der Waals surface area contributed by atoms with E-state index in [4.69, 9.17) is 22.0 Å². The largest absolute Gasteiger partial charge is 0.478 e. The fourth-order valence-electron chi connectivity index (χ4n) is 1.49. The summed E-state index contributed by atoms with van der Waals surface area (Å²) in [4.78, 5) is 11.6. The quantitative estimate of drug-likeness (QED) is 0.923. The van der Waals surface area contributed by atoms with Crippen molar-refractivity contribution in [1.29, 1.82) is 5.26 Å². The Morgan fingerprint density at radius 2 is 2.00 bits per heavy atom. The van der Waals surface area contributed by atoms with Crippen LogP contribution in [-0.4, -0.2) is 11.1 Å². The molecule has 0 aliphatic heterocycles. The predicted molar refractivity (Wildman–Crippen MR) is 73.6 cm³/mol. The zero-order valence-corrected chi connectivity index (χ0v) is 11.5. The molecule has 0 amide bonds. The lowest BCUT2D eigenvalue weighted by atomic mass is 10.2. The van der Waals surface area contributed by atoms with Gasteiger partial charge >= 0.3 is 5.97 Å². The number of carbonyl (C=O) groups is 1. The first kappa shape index (κ1) is 14.4. The number of halogens is 2. The smallest absolute Gasteiger partial charge is 0.335 e. The number of carboxylic acids is 1. The molecule has 0 spiro atoms. The molecule has 6 heteroatoms. The molecular weight excluding hydrogens is 301 g/mol. The molecular formula is C14H7ClFNO2S. The summed E-state index contributed by atoms with van der Waals surface area (Å²) in [6.07, 6.45) is 0. The molecule has 0 bridgehead atoms. The van der Waals surface area contributed by atoms with Crippen LogP contribution in [0.5, 0.6) is 0 Å². The summed E-state index contributed by atoms with van der Waals surface area (Å²) in [5, 5.41) is 18.0. The fraction of sp³-hybridized carbons (Fsp3) is 0. The number of carboxylic acid groups (broad SMARTS) is 1. The number of hydrogen-bond acceptors (Lipinski definition) is 3. The third-order valence-electron chi connectivity index (χ3n) is 2.46. The molecule has 0 aromatic heterocycles. The van der Waals surface area contributed by atoms with Crippen LogP contribution in [0.15, 0.2) is 46.2 Å². The summed E-state index contributed by atoms with van der Waals surface area (Å²) in [7, 11) is 0. The SMILES string of the molecule is N#Cc1ccc(Sc2cc(C(=O)O)ccc2F)c(Cl)c1. The van der Waals surface area contributed by atoms with Gasteiger partial charge in [0.15, 0.2) is 0 Å². The van der Waals surface area contributed by atoms with Crippen LogP contribution < -0.4 is 0 Å². The van der Waals surface area contributed by atoms with Crippen molar-refractivity contribution in [1.82, 2.24) is 0 Å². The molecule has 0 radical (unpaired) electrons. The van der Waals surface area contributed by atoms with E-state index in [1.54, 1.807) is 12.1 Å². The number of benzene rings is 2. The molecule has 100 valence electrons. The molecule has 0 saturated carbocycles. The lowest BCUT2D eigenvalue weighted by Crippen LogP contribution is -1.97. The standard InChI is InChI=1S/C14H7ClFNO2S/c15-10-5-8(7-17)1-4-12(10)20-13-6-9(14(18)19)2-3-11(13)16/h1-6H,(H,18,19). The average Bonchev–Trinajstić information content (AvgIpc) is 2.42. The Hall–Kier alpha value is -2.03. The van der Waals surface area contributed by atoms with Gasteiger partial charge in [-0.25, -0.2) is 9.18 Å². The van der Waals surface area contributed by atoms with E-state index in [2.05, 4.69) is 0 Å². The highest BCUT2D eigenvalue weighted by Gasteiger charge is 2.11. The van der Waals surface area contributed by atoms with E-state index < -0.39 is 11.8 Å². The van der Waals surface area contributed by atoms with Gasteiger partial charge in [0.2, 0.25) is 0 Å². The van der Waals surface area contributed by atoms with Gasteiger partial charge in [-0.05, 0) is 36.4 Å². The molecule has 0 aliphatic carbocycles. The Balaban J connectivity index is 2.37. The van der Waals surface area contributed by atoms with Crippen molar-refractivity contribution in [3.8, 4) is 6.07 Å². The summed E-state index contributed by atoms with van der Waals surface area (Å²) in [5.41, 5.74) is 0.401. The second kappa shape index (κ2) is 5.95. The second-order valence-corrected chi connectivity index (χ2v) is 5.30. The molecule has 1 N–H and O–H groups in total. The maximum absolute atomic E-state index is 13.7. The average molecular weight is 308 g/mol. The fourth-order valence-corrected chi connectivity index (χ4v) is 2.66. The van der Waals surface area contributed by atoms with Crippen molar-refractivity contribution in [2.45, 2.75) is 9.79 Å². The highest BCUT2D eigenvalue weighted by Crippen LogP contribution is 2.35. The lowest BCUT2D eigenvalue weighted by Gasteiger charge is -2.06. The van der Waals surface area contributed by atoms with Crippen molar-refractivity contribution in [3.05, 3.63) is 58.4 Å². The Morgan fingerprint density at radius 1 is 1.25 bits per heavy atom. The molecule has 0 unspecified atom stereocenters. The third-order valence-corrected chi connectivity index (χ3v) is 3.99. The van der Waals surface area contributed by atoms with Gasteiger partial charge in [-0.2, -0.15) is 5.26 Å². The normalized spacial score (nSPS) is 10.1. The molecule has 2 aromatic carbocycles. The summed E-state index contributed by atoms with van der Waals surface area (Å²) in [6.45, 7) is 0. The van der Waals surface area contributed by atoms with Crippen LogP contribution in [0, 0.1) is 17.1 Å². The zero-order valence-electron chi connectivity index (χ0n) is 9.93. The summed E-state index contributed by atoms with van der Waals surface area (Å²) >= 11 is 7.01. The van der Waals surface area contributed by atoms with Crippen LogP contribution in [0.1, 0.15) is 15.9 Å². The van der Waals surface area contributed by atoms with Crippen LogP contribution in [0.4, 0.5) is 4.39 Å². The van der Waals surface area contributed by atoms with Gasteiger partial charge in [-0.3, -0.25) is 0 Å². The van der Waals surface area contributed by atoms with Crippen LogP contribution in [-0.2, 0) is 0 Å². The van der Waals surface area contributed by atoms with E-state index in [9.17, 15) is 9.18 Å². The van der Waals surface area contributed by atoms with Gasteiger partial charge in [0, 0.05) is 9.79 Å². The van der Waals surface area contributed by atoms with Crippen molar-refractivity contribution < 1.29 is 14.3 Å². The maximum Gasteiger partial charge on any atom is 0.335 e. The first-order valence-electron chi connectivity index (χ1n) is 5.41. The minimum atomic E-state index is -1.13. The molecule has 0 saturated heterocycles. The molecule has 20 heavy (non-hydrogen) atoms. The Labute approximate surface area is 123 Å². The van der Waals surface area contributed by atoms with Gasteiger partial charge < -0.3 is 5.11 Å². The number of nitrogens with zero attached hydrogens (tertiary/aromatic N) is 1. The highest BCUT2D eigenvalue weighted by atomic mass is 35.5. The first-order chi connectivity index (χ1) is 9.51. The minimum absolute atomic E-state index is 0.00123. The lowest BCUT2D eigenvalue weighted by molar-refractivity contribution is 0.0696. The number of aromatic carboxylic acids is 1. The van der Waals surface area contributed by atoms with E-state index in [-0.39, 0.29) is 10.5 Å². The van der Waals surface area contributed by atoms with E-state index in [0.29, 0.717) is 15.5 Å². The van der Waals surface area contributed by atoms with Crippen molar-refractivity contribution >= 4 is 29.3 Å². The van der Waals surface area contributed by atoms with Gasteiger partial charge in [-0.1, -0.05) is 23.4 Å². The Kier molecular flexibility index (Phi) is 4.28. The summed E-state index contributed by atoms with van der Waals surface area (Å²) in [6, 6.07) is 10.1. The molecule has 0 atom stereocenters. The second-order valence-electron chi connectivity index (χ2n) is 3.81. The highest BCUT2D eigenvalue weighted by molar-refractivity contribution is 7.99. The van der Waals surface area contributed by atoms with E-state index >= 15 is 0 Å². The van der Waals surface area contributed by atoms with E-state index in [1.165, 1.54) is 18.2 Å². The topological polar surface area (TPSA) is 61.1 Å². The summed E-state index contributed by atoms with van der Waals surface area (Å²) in [5.74, 6) is -1.65. The number of nitriles is 1. The first-order valence-corrected chi connectivity index (χ1v) is 6.61. The van der Waals surface area contributed by atoms with Crippen LogP contribution in [0.3, 0.4) is 0 Å². The van der Waals surface area contributed by atoms with E-state index in [1.807, 2.05) is 6.07 Å². The van der Waals surface area contributed by atoms with Gasteiger partial charge in [0.25, 0.3) is 0 Å². The van der Waals surface area contributed by atoms with Crippen molar-refractivity contribution in [2.75, 3.05) is 0 Å². The molecule has 3 nitrogen and oxygen atoms in total. The zero-order chi connectivity index (χ0) is 14.7. The molecule has 0 aliphatic rings.